The number of carbonyl (C=O) groups excluding carboxylic acids is 1. The molecule has 2 heterocycles. The van der Waals surface area contributed by atoms with Crippen molar-refractivity contribution < 1.29 is 21.8 Å². The van der Waals surface area contributed by atoms with Crippen LogP contribution in [0.15, 0.2) is 70.2 Å². The first-order valence-corrected chi connectivity index (χ1v) is 12.4. The van der Waals surface area contributed by atoms with E-state index in [2.05, 4.69) is 10.2 Å². The number of rotatable bonds is 8. The first-order chi connectivity index (χ1) is 15.8. The van der Waals surface area contributed by atoms with Gasteiger partial charge in [0.15, 0.2) is 0 Å². The molecular weight excluding hydrogens is 440 g/mol. The van der Waals surface area contributed by atoms with Crippen LogP contribution >= 0.6 is 0 Å². The number of nitrogens with one attached hydrogen (secondary N) is 1. The van der Waals surface area contributed by atoms with E-state index >= 15 is 0 Å². The fourth-order valence-electron chi connectivity index (χ4n) is 4.05. The van der Waals surface area contributed by atoms with Crippen molar-refractivity contribution in [3.63, 3.8) is 0 Å². The summed E-state index contributed by atoms with van der Waals surface area (Å²) in [6.07, 6.45) is 3.92. The van der Waals surface area contributed by atoms with E-state index in [1.165, 1.54) is 12.1 Å². The molecule has 7 nitrogen and oxygen atoms in total. The SMILES string of the molecule is Cc1ccc(C)c(S(=O)(=O)Oc2ccc(C(=O)NCC(c3ccco3)N3CCCC3)cc2)c1. The molecule has 8 heteroatoms. The van der Waals surface area contributed by atoms with Gasteiger partial charge in [-0.15, -0.1) is 0 Å². The molecule has 174 valence electrons. The van der Waals surface area contributed by atoms with Crippen LogP contribution in [0.4, 0.5) is 0 Å². The smallest absolute Gasteiger partial charge is 0.339 e. The Bertz CT molecular complexity index is 1200. The summed E-state index contributed by atoms with van der Waals surface area (Å²) in [4.78, 5) is 15.2. The minimum atomic E-state index is -3.97. The number of hydrogen-bond acceptors (Lipinski definition) is 6. The van der Waals surface area contributed by atoms with E-state index in [0.717, 1.165) is 37.3 Å². The predicted octanol–water partition coefficient (Wildman–Crippen LogP) is 4.23. The fourth-order valence-corrected chi connectivity index (χ4v) is 5.29. The Morgan fingerprint density at radius 1 is 1.09 bits per heavy atom. The molecule has 0 radical (unpaired) electrons. The van der Waals surface area contributed by atoms with Gasteiger partial charge in [0.05, 0.1) is 12.3 Å². The van der Waals surface area contributed by atoms with Crippen molar-refractivity contribution in [2.75, 3.05) is 19.6 Å². The fraction of sp³-hybridized carbons (Fsp3) is 0.320. The molecule has 0 spiro atoms. The molecule has 0 aliphatic carbocycles. The first-order valence-electron chi connectivity index (χ1n) is 11.0. The van der Waals surface area contributed by atoms with E-state index in [1.807, 2.05) is 25.1 Å². The summed E-state index contributed by atoms with van der Waals surface area (Å²) in [7, 11) is -3.97. The highest BCUT2D eigenvalue weighted by molar-refractivity contribution is 7.87. The number of likely N-dealkylation sites (tertiary alicyclic amines) is 1. The average molecular weight is 469 g/mol. The summed E-state index contributed by atoms with van der Waals surface area (Å²) < 4.78 is 36.3. The molecule has 1 unspecified atom stereocenters. The second-order valence-corrected chi connectivity index (χ2v) is 9.83. The Morgan fingerprint density at radius 2 is 1.82 bits per heavy atom. The van der Waals surface area contributed by atoms with Crippen LogP contribution in [-0.2, 0) is 10.1 Å². The summed E-state index contributed by atoms with van der Waals surface area (Å²) >= 11 is 0. The zero-order valence-electron chi connectivity index (χ0n) is 18.8. The Kier molecular flexibility index (Phi) is 6.85. The second-order valence-electron chi connectivity index (χ2n) is 8.32. The average Bonchev–Trinajstić information content (AvgIpc) is 3.51. The summed E-state index contributed by atoms with van der Waals surface area (Å²) in [5.41, 5.74) is 1.86. The maximum Gasteiger partial charge on any atom is 0.339 e. The highest BCUT2D eigenvalue weighted by atomic mass is 32.2. The van der Waals surface area contributed by atoms with Crippen LogP contribution in [0, 0.1) is 13.8 Å². The van der Waals surface area contributed by atoms with Crippen LogP contribution in [0.3, 0.4) is 0 Å². The minimum absolute atomic E-state index is 0.0169. The Hall–Kier alpha value is -3.10. The summed E-state index contributed by atoms with van der Waals surface area (Å²) in [5, 5.41) is 2.97. The van der Waals surface area contributed by atoms with Crippen LogP contribution < -0.4 is 9.50 Å². The van der Waals surface area contributed by atoms with Gasteiger partial charge >= 0.3 is 10.1 Å². The molecule has 3 aromatic rings. The molecule has 0 bridgehead atoms. The van der Waals surface area contributed by atoms with E-state index < -0.39 is 10.1 Å². The van der Waals surface area contributed by atoms with Crippen molar-refractivity contribution in [3.05, 3.63) is 83.3 Å². The number of carbonyl (C=O) groups is 1. The van der Waals surface area contributed by atoms with Crippen LogP contribution in [0.1, 0.15) is 46.1 Å². The van der Waals surface area contributed by atoms with Gasteiger partial charge in [-0.3, -0.25) is 9.69 Å². The van der Waals surface area contributed by atoms with Crippen molar-refractivity contribution in [1.82, 2.24) is 10.2 Å². The molecule has 1 atom stereocenters. The molecule has 1 aliphatic heterocycles. The molecule has 1 N–H and O–H groups in total. The number of nitrogens with zero attached hydrogens (tertiary/aromatic N) is 1. The molecule has 33 heavy (non-hydrogen) atoms. The van der Waals surface area contributed by atoms with Gasteiger partial charge < -0.3 is 13.9 Å². The third-order valence-corrected chi connectivity index (χ3v) is 7.23. The maximum atomic E-state index is 12.7. The number of benzene rings is 2. The number of amides is 1. The van der Waals surface area contributed by atoms with Gasteiger partial charge in [-0.25, -0.2) is 0 Å². The summed E-state index contributed by atoms with van der Waals surface area (Å²) in [5.74, 6) is 0.741. The van der Waals surface area contributed by atoms with E-state index in [4.69, 9.17) is 8.60 Å². The maximum absolute atomic E-state index is 12.7. The quantitative estimate of drug-likeness (QED) is 0.498. The van der Waals surface area contributed by atoms with Gasteiger partial charge in [0, 0.05) is 12.1 Å². The standard InChI is InChI=1S/C25H28N2O5S/c1-18-7-8-19(2)24(16-18)33(29,30)32-21-11-9-20(10-12-21)25(28)26-17-22(23-6-5-15-31-23)27-13-3-4-14-27/h5-12,15-16,22H,3-4,13-14,17H2,1-2H3,(H,26,28). The molecule has 1 aliphatic rings. The molecule has 1 saturated heterocycles. The van der Waals surface area contributed by atoms with E-state index in [0.29, 0.717) is 17.7 Å². The van der Waals surface area contributed by atoms with Crippen LogP contribution in [0.2, 0.25) is 0 Å². The largest absolute Gasteiger partial charge is 0.468 e. The zero-order chi connectivity index (χ0) is 23.4. The predicted molar refractivity (Wildman–Crippen MR) is 125 cm³/mol. The minimum Gasteiger partial charge on any atom is -0.468 e. The molecule has 1 aromatic heterocycles. The highest BCUT2D eigenvalue weighted by Crippen LogP contribution is 2.26. The molecule has 1 fully saturated rings. The lowest BCUT2D eigenvalue weighted by Gasteiger charge is -2.26. The molecule has 2 aromatic carbocycles. The molecular formula is C25H28N2O5S. The third kappa shape index (κ3) is 5.46. The van der Waals surface area contributed by atoms with Crippen molar-refractivity contribution in [2.24, 2.45) is 0 Å². The Balaban J connectivity index is 1.41. The topological polar surface area (TPSA) is 88.8 Å². The Labute approximate surface area is 194 Å². The monoisotopic (exact) mass is 468 g/mol. The zero-order valence-corrected chi connectivity index (χ0v) is 19.6. The van der Waals surface area contributed by atoms with Crippen molar-refractivity contribution in [3.8, 4) is 5.75 Å². The molecule has 0 saturated carbocycles. The lowest BCUT2D eigenvalue weighted by molar-refractivity contribution is 0.0933. The van der Waals surface area contributed by atoms with Gasteiger partial charge in [-0.2, -0.15) is 8.42 Å². The lowest BCUT2D eigenvalue weighted by Crippen LogP contribution is -2.36. The second kappa shape index (κ2) is 9.80. The summed E-state index contributed by atoms with van der Waals surface area (Å²) in [6.45, 7) is 5.92. The van der Waals surface area contributed by atoms with Gasteiger partial charge in [0.2, 0.25) is 0 Å². The van der Waals surface area contributed by atoms with Gasteiger partial charge in [0.1, 0.15) is 16.4 Å². The highest BCUT2D eigenvalue weighted by Gasteiger charge is 2.26. The molecule has 1 amide bonds. The van der Waals surface area contributed by atoms with Crippen molar-refractivity contribution in [1.29, 1.82) is 0 Å². The first kappa shape index (κ1) is 23.1. The third-order valence-electron chi connectivity index (χ3n) is 5.84. The van der Waals surface area contributed by atoms with Gasteiger partial charge in [-0.05, 0) is 93.4 Å². The van der Waals surface area contributed by atoms with E-state index in [9.17, 15) is 13.2 Å². The van der Waals surface area contributed by atoms with E-state index in [1.54, 1.807) is 37.5 Å². The number of aryl methyl sites for hydroxylation is 2. The van der Waals surface area contributed by atoms with Crippen molar-refractivity contribution in [2.45, 2.75) is 37.6 Å². The summed E-state index contributed by atoms with van der Waals surface area (Å²) in [6, 6.07) is 15.0. The molecule has 4 rings (SSSR count). The number of furan rings is 1. The Morgan fingerprint density at radius 3 is 2.48 bits per heavy atom. The van der Waals surface area contributed by atoms with Gasteiger partial charge in [-0.1, -0.05) is 12.1 Å². The number of hydrogen-bond donors (Lipinski definition) is 1. The van der Waals surface area contributed by atoms with Crippen LogP contribution in [-0.4, -0.2) is 38.9 Å². The van der Waals surface area contributed by atoms with E-state index in [-0.39, 0.29) is 22.6 Å². The normalized spacial score (nSPS) is 15.3. The lowest BCUT2D eigenvalue weighted by atomic mass is 10.1. The van der Waals surface area contributed by atoms with Crippen LogP contribution in [0.25, 0.3) is 0 Å². The van der Waals surface area contributed by atoms with Crippen LogP contribution in [0.5, 0.6) is 5.75 Å². The van der Waals surface area contributed by atoms with Crippen molar-refractivity contribution >= 4 is 16.0 Å². The van der Waals surface area contributed by atoms with Gasteiger partial charge in [0.25, 0.3) is 5.91 Å².